The van der Waals surface area contributed by atoms with Crippen molar-refractivity contribution in [3.63, 3.8) is 0 Å². The molecule has 0 saturated carbocycles. The molecule has 0 aliphatic rings. The van der Waals surface area contributed by atoms with E-state index in [-0.39, 0.29) is 18.0 Å². The minimum Gasteiger partial charge on any atom is -0.350 e. The van der Waals surface area contributed by atoms with Gasteiger partial charge in [0.15, 0.2) is 0 Å². The summed E-state index contributed by atoms with van der Waals surface area (Å²) in [6, 6.07) is 17.5. The third-order valence-electron chi connectivity index (χ3n) is 4.43. The van der Waals surface area contributed by atoms with Crippen LogP contribution in [0.1, 0.15) is 38.8 Å². The number of amides is 3. The predicted molar refractivity (Wildman–Crippen MR) is 117 cm³/mol. The molecule has 0 fully saturated rings. The molecular formula is C22H29N3O2S. The second-order valence-corrected chi connectivity index (χ2v) is 7.59. The lowest BCUT2D eigenvalue weighted by Gasteiger charge is -2.19. The van der Waals surface area contributed by atoms with Crippen LogP contribution in [0.15, 0.2) is 59.5 Å². The molecule has 0 saturated heterocycles. The Kier molecular flexibility index (Phi) is 8.88. The monoisotopic (exact) mass is 399 g/mol. The Morgan fingerprint density at radius 1 is 1.00 bits per heavy atom. The van der Waals surface area contributed by atoms with Crippen molar-refractivity contribution < 1.29 is 9.59 Å². The van der Waals surface area contributed by atoms with E-state index in [2.05, 4.69) is 10.6 Å². The molecule has 2 aromatic carbocycles. The zero-order chi connectivity index (χ0) is 20.4. The molecule has 0 bridgehead atoms. The fraction of sp³-hybridized carbons (Fsp3) is 0.364. The van der Waals surface area contributed by atoms with E-state index >= 15 is 0 Å². The molecule has 1 unspecified atom stereocenters. The summed E-state index contributed by atoms with van der Waals surface area (Å²) in [6.07, 6.45) is 0.474. The first kappa shape index (κ1) is 21.8. The van der Waals surface area contributed by atoms with Crippen LogP contribution in [-0.4, -0.2) is 35.7 Å². The van der Waals surface area contributed by atoms with E-state index in [1.807, 2.05) is 75.4 Å². The highest BCUT2D eigenvalue weighted by atomic mass is 32.2. The number of hydrogen-bond acceptors (Lipinski definition) is 3. The maximum atomic E-state index is 12.2. The molecule has 28 heavy (non-hydrogen) atoms. The lowest BCUT2D eigenvalue weighted by molar-refractivity contribution is -0.121. The molecule has 150 valence electrons. The van der Waals surface area contributed by atoms with Gasteiger partial charge in [-0.3, -0.25) is 4.79 Å². The zero-order valence-corrected chi connectivity index (χ0v) is 17.6. The van der Waals surface area contributed by atoms with Crippen molar-refractivity contribution in [1.82, 2.24) is 10.2 Å². The van der Waals surface area contributed by atoms with Gasteiger partial charge in [-0.1, -0.05) is 30.3 Å². The number of nitrogens with zero attached hydrogens (tertiary/aromatic N) is 1. The maximum absolute atomic E-state index is 12.2. The van der Waals surface area contributed by atoms with Crippen molar-refractivity contribution in [1.29, 1.82) is 0 Å². The first-order chi connectivity index (χ1) is 13.5. The quantitative estimate of drug-likeness (QED) is 0.588. The predicted octanol–water partition coefficient (Wildman–Crippen LogP) is 4.92. The Balaban J connectivity index is 1.79. The summed E-state index contributed by atoms with van der Waals surface area (Å²) in [4.78, 5) is 27.2. The second kappa shape index (κ2) is 11.4. The standard InChI is InChI=1S/C22H29N3O2S/c1-4-25(5-2)22(27)24-19-13-11-18(12-14-19)17(3)23-21(26)15-16-28-20-9-7-6-8-10-20/h6-14,17H,4-5,15-16H2,1-3H3,(H,23,26)(H,24,27). The van der Waals surface area contributed by atoms with Gasteiger partial charge < -0.3 is 15.5 Å². The highest BCUT2D eigenvalue weighted by Crippen LogP contribution is 2.19. The Labute approximate surface area is 171 Å². The van der Waals surface area contributed by atoms with Gasteiger partial charge in [0, 0.05) is 35.8 Å². The van der Waals surface area contributed by atoms with Gasteiger partial charge in [-0.15, -0.1) is 11.8 Å². The minimum atomic E-state index is -0.102. The van der Waals surface area contributed by atoms with Gasteiger partial charge in [0.1, 0.15) is 0 Å². The number of urea groups is 1. The number of thioether (sulfide) groups is 1. The minimum absolute atomic E-state index is 0.0369. The van der Waals surface area contributed by atoms with Crippen LogP contribution in [-0.2, 0) is 4.79 Å². The third-order valence-corrected chi connectivity index (χ3v) is 5.44. The van der Waals surface area contributed by atoms with Crippen LogP contribution in [0.2, 0.25) is 0 Å². The summed E-state index contributed by atoms with van der Waals surface area (Å²) in [5.74, 6) is 0.786. The van der Waals surface area contributed by atoms with Gasteiger partial charge in [0.25, 0.3) is 0 Å². The number of rotatable bonds is 9. The van der Waals surface area contributed by atoms with Crippen molar-refractivity contribution in [2.75, 3.05) is 24.2 Å². The molecule has 0 aliphatic carbocycles. The largest absolute Gasteiger partial charge is 0.350 e. The summed E-state index contributed by atoms with van der Waals surface area (Å²) in [5.41, 5.74) is 1.75. The summed E-state index contributed by atoms with van der Waals surface area (Å²) in [6.45, 7) is 7.22. The normalized spacial score (nSPS) is 11.5. The number of anilines is 1. The summed E-state index contributed by atoms with van der Waals surface area (Å²) in [7, 11) is 0. The van der Waals surface area contributed by atoms with Crippen molar-refractivity contribution in [2.45, 2.75) is 38.1 Å². The van der Waals surface area contributed by atoms with Gasteiger partial charge in [-0.25, -0.2) is 4.79 Å². The summed E-state index contributed by atoms with van der Waals surface area (Å²) >= 11 is 1.68. The van der Waals surface area contributed by atoms with Gasteiger partial charge in [-0.2, -0.15) is 0 Å². The number of nitrogens with one attached hydrogen (secondary N) is 2. The lowest BCUT2D eigenvalue weighted by atomic mass is 10.1. The molecule has 0 radical (unpaired) electrons. The van der Waals surface area contributed by atoms with E-state index < -0.39 is 0 Å². The van der Waals surface area contributed by atoms with E-state index in [9.17, 15) is 9.59 Å². The van der Waals surface area contributed by atoms with Crippen molar-refractivity contribution in [3.05, 3.63) is 60.2 Å². The van der Waals surface area contributed by atoms with Crippen LogP contribution in [0.4, 0.5) is 10.5 Å². The molecule has 0 heterocycles. The molecule has 2 aromatic rings. The highest BCUT2D eigenvalue weighted by Gasteiger charge is 2.12. The van der Waals surface area contributed by atoms with Crippen LogP contribution in [0.25, 0.3) is 0 Å². The van der Waals surface area contributed by atoms with Crippen LogP contribution in [0.5, 0.6) is 0 Å². The number of carbonyl (C=O) groups excluding carboxylic acids is 2. The number of hydrogen-bond donors (Lipinski definition) is 2. The zero-order valence-electron chi connectivity index (χ0n) is 16.8. The van der Waals surface area contributed by atoms with E-state index in [0.717, 1.165) is 17.0 Å². The lowest BCUT2D eigenvalue weighted by Crippen LogP contribution is -2.34. The van der Waals surface area contributed by atoms with Gasteiger partial charge >= 0.3 is 6.03 Å². The molecule has 0 spiro atoms. The van der Waals surface area contributed by atoms with E-state index in [1.165, 1.54) is 4.90 Å². The number of benzene rings is 2. The molecular weight excluding hydrogens is 370 g/mol. The first-order valence-corrected chi connectivity index (χ1v) is 10.6. The topological polar surface area (TPSA) is 61.4 Å². The molecule has 0 aliphatic heterocycles. The average molecular weight is 400 g/mol. The van der Waals surface area contributed by atoms with Crippen LogP contribution < -0.4 is 10.6 Å². The first-order valence-electron chi connectivity index (χ1n) is 9.66. The second-order valence-electron chi connectivity index (χ2n) is 6.43. The molecule has 6 heteroatoms. The third kappa shape index (κ3) is 6.93. The fourth-order valence-corrected chi connectivity index (χ4v) is 3.62. The molecule has 5 nitrogen and oxygen atoms in total. The van der Waals surface area contributed by atoms with Crippen molar-refractivity contribution in [3.8, 4) is 0 Å². The maximum Gasteiger partial charge on any atom is 0.321 e. The molecule has 2 N–H and O–H groups in total. The van der Waals surface area contributed by atoms with Crippen molar-refractivity contribution in [2.24, 2.45) is 0 Å². The molecule has 3 amide bonds. The van der Waals surface area contributed by atoms with E-state index in [4.69, 9.17) is 0 Å². The van der Waals surface area contributed by atoms with E-state index in [1.54, 1.807) is 16.7 Å². The van der Waals surface area contributed by atoms with Crippen LogP contribution in [0.3, 0.4) is 0 Å². The molecule has 0 aromatic heterocycles. The van der Waals surface area contributed by atoms with E-state index in [0.29, 0.717) is 19.5 Å². The Morgan fingerprint density at radius 2 is 1.64 bits per heavy atom. The van der Waals surface area contributed by atoms with Crippen molar-refractivity contribution >= 4 is 29.4 Å². The van der Waals surface area contributed by atoms with Gasteiger partial charge in [0.05, 0.1) is 6.04 Å². The Bertz CT molecular complexity index is 746. The highest BCUT2D eigenvalue weighted by molar-refractivity contribution is 7.99. The number of carbonyl (C=O) groups is 2. The Hall–Kier alpha value is -2.47. The SMILES string of the molecule is CCN(CC)C(=O)Nc1ccc(C(C)NC(=O)CCSc2ccccc2)cc1. The average Bonchev–Trinajstić information content (AvgIpc) is 2.70. The van der Waals surface area contributed by atoms with Crippen LogP contribution >= 0.6 is 11.8 Å². The smallest absolute Gasteiger partial charge is 0.321 e. The molecule has 1 atom stereocenters. The Morgan fingerprint density at radius 3 is 2.25 bits per heavy atom. The summed E-state index contributed by atoms with van der Waals surface area (Å²) < 4.78 is 0. The fourth-order valence-electron chi connectivity index (χ4n) is 2.74. The van der Waals surface area contributed by atoms with Gasteiger partial charge in [-0.05, 0) is 50.6 Å². The molecule has 2 rings (SSSR count). The van der Waals surface area contributed by atoms with Crippen LogP contribution in [0, 0.1) is 0 Å². The summed E-state index contributed by atoms with van der Waals surface area (Å²) in [5, 5.41) is 5.92. The van der Waals surface area contributed by atoms with Gasteiger partial charge in [0.2, 0.25) is 5.91 Å².